The van der Waals surface area contributed by atoms with Crippen LogP contribution in [0.2, 0.25) is 0 Å². The van der Waals surface area contributed by atoms with Crippen molar-refractivity contribution in [2.24, 2.45) is 0 Å². The van der Waals surface area contributed by atoms with E-state index >= 15 is 0 Å². The van der Waals surface area contributed by atoms with E-state index in [9.17, 15) is 14.7 Å². The highest BCUT2D eigenvalue weighted by atomic mass is 16.5. The molecule has 4 rings (SSSR count). The van der Waals surface area contributed by atoms with Crippen molar-refractivity contribution in [2.75, 3.05) is 19.8 Å². The molecule has 0 radical (unpaired) electrons. The number of aliphatic hydroxyl groups is 1. The molecular formula is C30H29NO5. The van der Waals surface area contributed by atoms with Gasteiger partial charge in [0.1, 0.15) is 23.9 Å². The quantitative estimate of drug-likeness (QED) is 0.183. The second-order valence-corrected chi connectivity index (χ2v) is 8.35. The molecule has 6 nitrogen and oxygen atoms in total. The summed E-state index contributed by atoms with van der Waals surface area (Å²) in [6.45, 7) is 6.75. The first kappa shape index (κ1) is 24.8. The lowest BCUT2D eigenvalue weighted by atomic mass is 9.95. The number of aliphatic hydroxyl groups excluding tert-OH is 1. The summed E-state index contributed by atoms with van der Waals surface area (Å²) in [7, 11) is 0. The zero-order valence-electron chi connectivity index (χ0n) is 20.2. The molecular weight excluding hydrogens is 454 g/mol. The van der Waals surface area contributed by atoms with Gasteiger partial charge in [0.05, 0.1) is 18.2 Å². The number of benzene rings is 3. The first-order chi connectivity index (χ1) is 17.5. The largest absolute Gasteiger partial charge is 0.507 e. The van der Waals surface area contributed by atoms with Gasteiger partial charge in [-0.3, -0.25) is 9.59 Å². The zero-order valence-corrected chi connectivity index (χ0v) is 20.2. The van der Waals surface area contributed by atoms with E-state index in [4.69, 9.17) is 9.47 Å². The van der Waals surface area contributed by atoms with Crippen LogP contribution in [0, 0.1) is 0 Å². The van der Waals surface area contributed by atoms with Gasteiger partial charge in [0.25, 0.3) is 11.7 Å². The Morgan fingerprint density at radius 1 is 0.944 bits per heavy atom. The molecule has 36 heavy (non-hydrogen) atoms. The van der Waals surface area contributed by atoms with Crippen molar-refractivity contribution >= 4 is 17.4 Å². The predicted octanol–water partition coefficient (Wildman–Crippen LogP) is 5.31. The van der Waals surface area contributed by atoms with Crippen LogP contribution in [-0.2, 0) is 16.0 Å². The lowest BCUT2D eigenvalue weighted by Gasteiger charge is -2.25. The van der Waals surface area contributed by atoms with E-state index < -0.39 is 17.7 Å². The van der Waals surface area contributed by atoms with Crippen molar-refractivity contribution in [1.82, 2.24) is 4.90 Å². The van der Waals surface area contributed by atoms with Gasteiger partial charge in [-0.1, -0.05) is 55.1 Å². The molecule has 1 heterocycles. The summed E-state index contributed by atoms with van der Waals surface area (Å²) < 4.78 is 11.1. The first-order valence-corrected chi connectivity index (χ1v) is 11.9. The van der Waals surface area contributed by atoms with Gasteiger partial charge in [-0.2, -0.15) is 0 Å². The second kappa shape index (κ2) is 11.4. The van der Waals surface area contributed by atoms with Crippen LogP contribution in [0.3, 0.4) is 0 Å². The van der Waals surface area contributed by atoms with Crippen molar-refractivity contribution < 1.29 is 24.2 Å². The lowest BCUT2D eigenvalue weighted by Crippen LogP contribution is -2.31. The Kier molecular flexibility index (Phi) is 7.85. The van der Waals surface area contributed by atoms with Crippen molar-refractivity contribution in [3.05, 3.63) is 114 Å². The number of likely N-dealkylation sites (tertiary alicyclic amines) is 1. The van der Waals surface area contributed by atoms with Crippen LogP contribution in [0.5, 0.6) is 11.5 Å². The van der Waals surface area contributed by atoms with Gasteiger partial charge in [-0.25, -0.2) is 0 Å². The molecule has 0 bridgehead atoms. The molecule has 3 aromatic rings. The fraction of sp³-hybridized carbons (Fsp3) is 0.200. The third kappa shape index (κ3) is 5.33. The monoisotopic (exact) mass is 483 g/mol. The van der Waals surface area contributed by atoms with Gasteiger partial charge < -0.3 is 19.5 Å². The highest BCUT2D eigenvalue weighted by molar-refractivity contribution is 6.46. The summed E-state index contributed by atoms with van der Waals surface area (Å²) in [4.78, 5) is 27.9. The van der Waals surface area contributed by atoms with Gasteiger partial charge in [0.15, 0.2) is 0 Å². The Morgan fingerprint density at radius 3 is 2.22 bits per heavy atom. The molecule has 1 aliphatic rings. The maximum atomic E-state index is 13.2. The smallest absolute Gasteiger partial charge is 0.295 e. The Labute approximate surface area is 211 Å². The Hall–Kier alpha value is -4.32. The van der Waals surface area contributed by atoms with Gasteiger partial charge in [0.2, 0.25) is 0 Å². The van der Waals surface area contributed by atoms with Crippen LogP contribution < -0.4 is 9.47 Å². The fourth-order valence-electron chi connectivity index (χ4n) is 4.28. The van der Waals surface area contributed by atoms with E-state index in [1.807, 2.05) is 49.4 Å². The number of hydrogen-bond donors (Lipinski definition) is 1. The van der Waals surface area contributed by atoms with E-state index in [2.05, 4.69) is 6.58 Å². The van der Waals surface area contributed by atoms with Crippen LogP contribution in [0.25, 0.3) is 5.76 Å². The Morgan fingerprint density at radius 2 is 1.58 bits per heavy atom. The normalized spacial score (nSPS) is 16.7. The highest BCUT2D eigenvalue weighted by Crippen LogP contribution is 2.40. The number of ether oxygens (including phenoxy) is 2. The first-order valence-electron chi connectivity index (χ1n) is 11.9. The summed E-state index contributed by atoms with van der Waals surface area (Å²) in [6, 6.07) is 23.1. The second-order valence-electron chi connectivity index (χ2n) is 8.35. The van der Waals surface area contributed by atoms with Crippen LogP contribution in [0.1, 0.15) is 29.7 Å². The molecule has 1 amide bonds. The maximum Gasteiger partial charge on any atom is 0.295 e. The number of carbonyl (C=O) groups is 2. The van der Waals surface area contributed by atoms with Crippen LogP contribution in [-0.4, -0.2) is 41.5 Å². The standard InChI is InChI=1S/C30H29NO5/c1-3-20-36-25-14-10-22(11-15-25)27-26(28(32)23-12-16-24(17-13-23)35-4-2)29(33)30(34)31(27)19-18-21-8-6-5-7-9-21/h3,5-17,27,32H,1,4,18-20H2,2H3. The minimum absolute atomic E-state index is 0.0666. The van der Waals surface area contributed by atoms with Crippen LogP contribution >= 0.6 is 0 Å². The van der Waals surface area contributed by atoms with Crippen molar-refractivity contribution in [1.29, 1.82) is 0 Å². The number of ketones is 1. The Balaban J connectivity index is 1.73. The molecule has 1 fully saturated rings. The van der Waals surface area contributed by atoms with Gasteiger partial charge in [0, 0.05) is 12.1 Å². The molecule has 1 aliphatic heterocycles. The number of nitrogens with zero attached hydrogens (tertiary/aromatic N) is 1. The lowest BCUT2D eigenvalue weighted by molar-refractivity contribution is -0.139. The highest BCUT2D eigenvalue weighted by Gasteiger charge is 2.45. The molecule has 0 aliphatic carbocycles. The van der Waals surface area contributed by atoms with Gasteiger partial charge in [-0.15, -0.1) is 0 Å². The van der Waals surface area contributed by atoms with Gasteiger partial charge >= 0.3 is 0 Å². The summed E-state index contributed by atoms with van der Waals surface area (Å²) in [5.41, 5.74) is 2.27. The van der Waals surface area contributed by atoms with E-state index in [0.29, 0.717) is 48.8 Å². The molecule has 1 unspecified atom stereocenters. The van der Waals surface area contributed by atoms with E-state index in [1.165, 1.54) is 4.90 Å². The molecule has 0 aromatic heterocycles. The van der Waals surface area contributed by atoms with E-state index in [1.54, 1.807) is 42.5 Å². The number of hydrogen-bond acceptors (Lipinski definition) is 5. The number of carbonyl (C=O) groups excluding carboxylic acids is 2. The van der Waals surface area contributed by atoms with Crippen LogP contribution in [0.4, 0.5) is 0 Å². The molecule has 1 atom stereocenters. The third-order valence-electron chi connectivity index (χ3n) is 6.03. The predicted molar refractivity (Wildman–Crippen MR) is 139 cm³/mol. The molecule has 184 valence electrons. The van der Waals surface area contributed by atoms with Crippen molar-refractivity contribution in [3.63, 3.8) is 0 Å². The van der Waals surface area contributed by atoms with E-state index in [-0.39, 0.29) is 11.3 Å². The maximum absolute atomic E-state index is 13.2. The topological polar surface area (TPSA) is 76.1 Å². The molecule has 0 spiro atoms. The molecule has 1 saturated heterocycles. The molecule has 3 aromatic carbocycles. The van der Waals surface area contributed by atoms with Crippen molar-refractivity contribution in [2.45, 2.75) is 19.4 Å². The summed E-state index contributed by atoms with van der Waals surface area (Å²) in [5, 5.41) is 11.2. The van der Waals surface area contributed by atoms with Crippen LogP contribution in [0.15, 0.2) is 97.1 Å². The van der Waals surface area contributed by atoms with Gasteiger partial charge in [-0.05, 0) is 60.9 Å². The minimum Gasteiger partial charge on any atom is -0.507 e. The average Bonchev–Trinajstić information content (AvgIpc) is 3.16. The minimum atomic E-state index is -0.728. The summed E-state index contributed by atoms with van der Waals surface area (Å²) in [5.74, 6) is -0.243. The van der Waals surface area contributed by atoms with E-state index in [0.717, 1.165) is 5.56 Å². The molecule has 1 N–H and O–H groups in total. The zero-order chi connectivity index (χ0) is 25.5. The molecule has 0 saturated carbocycles. The fourth-order valence-corrected chi connectivity index (χ4v) is 4.28. The third-order valence-corrected chi connectivity index (χ3v) is 6.03. The van der Waals surface area contributed by atoms with Crippen molar-refractivity contribution in [3.8, 4) is 11.5 Å². The number of amides is 1. The summed E-state index contributed by atoms with van der Waals surface area (Å²) in [6.07, 6.45) is 2.23. The number of Topliss-reactive ketones (excluding diaryl/α,β-unsaturated/α-hetero) is 1. The average molecular weight is 484 g/mol. The summed E-state index contributed by atoms with van der Waals surface area (Å²) >= 11 is 0. The molecule has 6 heteroatoms. The SMILES string of the molecule is C=CCOc1ccc(C2C(=C(O)c3ccc(OCC)cc3)C(=O)C(=O)N2CCc2ccccc2)cc1. The Bertz CT molecular complexity index is 1250. The number of rotatable bonds is 10.